The molecular formula is C24H20ClNO4S. The summed E-state index contributed by atoms with van der Waals surface area (Å²) in [6.45, 7) is 4.27. The van der Waals surface area contributed by atoms with E-state index in [0.717, 1.165) is 10.4 Å². The molecule has 3 aromatic rings. The van der Waals surface area contributed by atoms with Crippen LogP contribution < -0.4 is 9.64 Å². The van der Waals surface area contributed by atoms with Crippen LogP contribution in [0.3, 0.4) is 0 Å². The summed E-state index contributed by atoms with van der Waals surface area (Å²) >= 11 is 7.70. The van der Waals surface area contributed by atoms with Crippen LogP contribution in [0.25, 0.3) is 5.76 Å². The molecule has 2 aromatic carbocycles. The number of carbonyl (C=O) groups is 2. The number of carbonyl (C=O) groups excluding carboxylic acids is 2. The highest BCUT2D eigenvalue weighted by Gasteiger charge is 2.47. The number of nitrogens with zero attached hydrogens (tertiary/aromatic N) is 1. The third kappa shape index (κ3) is 3.84. The SMILES string of the molecule is CCOc1ccc(/C(O)=C2/C(=O)C(=O)N(c3ccc(C)c(Cl)c3)C2c2cccs2)cc1. The number of amides is 1. The quantitative estimate of drug-likeness (QED) is 0.304. The molecule has 0 bridgehead atoms. The van der Waals surface area contributed by atoms with Crippen molar-refractivity contribution >= 4 is 46.1 Å². The Morgan fingerprint density at radius 3 is 2.52 bits per heavy atom. The Balaban J connectivity index is 1.86. The fourth-order valence-electron chi connectivity index (χ4n) is 3.58. The number of aliphatic hydroxyl groups excluding tert-OH is 1. The number of hydrogen-bond donors (Lipinski definition) is 1. The Labute approximate surface area is 189 Å². The molecule has 0 spiro atoms. The van der Waals surface area contributed by atoms with Gasteiger partial charge in [0.1, 0.15) is 17.6 Å². The largest absolute Gasteiger partial charge is 0.507 e. The molecule has 1 saturated heterocycles. The molecule has 7 heteroatoms. The Morgan fingerprint density at radius 1 is 1.16 bits per heavy atom. The zero-order valence-corrected chi connectivity index (χ0v) is 18.5. The Kier molecular flexibility index (Phi) is 5.85. The van der Waals surface area contributed by atoms with Gasteiger partial charge in [0.25, 0.3) is 11.7 Å². The van der Waals surface area contributed by atoms with E-state index >= 15 is 0 Å². The fraction of sp³-hybridized carbons (Fsp3) is 0.167. The minimum Gasteiger partial charge on any atom is -0.507 e. The smallest absolute Gasteiger partial charge is 0.300 e. The van der Waals surface area contributed by atoms with Crippen molar-refractivity contribution in [1.29, 1.82) is 0 Å². The van der Waals surface area contributed by atoms with Crippen LogP contribution in [0, 0.1) is 6.92 Å². The van der Waals surface area contributed by atoms with Gasteiger partial charge in [-0.1, -0.05) is 23.7 Å². The van der Waals surface area contributed by atoms with Crippen LogP contribution in [-0.2, 0) is 9.59 Å². The lowest BCUT2D eigenvalue weighted by atomic mass is 9.99. The van der Waals surface area contributed by atoms with Gasteiger partial charge in [-0.2, -0.15) is 0 Å². The fourth-order valence-corrected chi connectivity index (χ4v) is 4.58. The Hall–Kier alpha value is -3.09. The Bertz CT molecular complexity index is 1170. The van der Waals surface area contributed by atoms with Crippen LogP contribution in [0.2, 0.25) is 5.02 Å². The molecule has 1 aliphatic rings. The van der Waals surface area contributed by atoms with Crippen molar-refractivity contribution in [2.24, 2.45) is 0 Å². The molecule has 1 fully saturated rings. The van der Waals surface area contributed by atoms with Crippen LogP contribution >= 0.6 is 22.9 Å². The predicted molar refractivity (Wildman–Crippen MR) is 123 cm³/mol. The number of anilines is 1. The van der Waals surface area contributed by atoms with Crippen LogP contribution in [0.4, 0.5) is 5.69 Å². The molecule has 1 N–H and O–H groups in total. The first-order chi connectivity index (χ1) is 14.9. The van der Waals surface area contributed by atoms with Gasteiger partial charge in [0.05, 0.1) is 12.2 Å². The van der Waals surface area contributed by atoms with Crippen molar-refractivity contribution in [2.75, 3.05) is 11.5 Å². The number of aliphatic hydroxyl groups is 1. The van der Waals surface area contributed by atoms with Gasteiger partial charge in [-0.15, -0.1) is 11.3 Å². The molecule has 158 valence electrons. The molecular weight excluding hydrogens is 434 g/mol. The van der Waals surface area contributed by atoms with Gasteiger partial charge in [0.2, 0.25) is 0 Å². The van der Waals surface area contributed by atoms with Crippen molar-refractivity contribution in [3.05, 3.63) is 86.6 Å². The molecule has 31 heavy (non-hydrogen) atoms. The summed E-state index contributed by atoms with van der Waals surface area (Å²) in [4.78, 5) is 28.3. The summed E-state index contributed by atoms with van der Waals surface area (Å²) in [5, 5.41) is 13.4. The first kappa shape index (κ1) is 21.2. The number of halogens is 1. The Morgan fingerprint density at radius 2 is 1.90 bits per heavy atom. The van der Waals surface area contributed by atoms with Crippen molar-refractivity contribution in [3.8, 4) is 5.75 Å². The number of ketones is 1. The van der Waals surface area contributed by atoms with Gasteiger partial charge >= 0.3 is 0 Å². The van der Waals surface area contributed by atoms with Crippen LogP contribution in [-0.4, -0.2) is 23.4 Å². The molecule has 0 aliphatic carbocycles. The van der Waals surface area contributed by atoms with E-state index < -0.39 is 17.7 Å². The average Bonchev–Trinajstić information content (AvgIpc) is 3.38. The van der Waals surface area contributed by atoms with Crippen molar-refractivity contribution in [1.82, 2.24) is 0 Å². The normalized spacial score (nSPS) is 17.9. The van der Waals surface area contributed by atoms with E-state index in [0.29, 0.717) is 28.6 Å². The predicted octanol–water partition coefficient (Wildman–Crippen LogP) is 5.73. The van der Waals surface area contributed by atoms with E-state index in [9.17, 15) is 14.7 Å². The van der Waals surface area contributed by atoms with Gasteiger partial charge < -0.3 is 9.84 Å². The molecule has 1 amide bonds. The van der Waals surface area contributed by atoms with Crippen LogP contribution in [0.5, 0.6) is 5.75 Å². The lowest BCUT2D eigenvalue weighted by Gasteiger charge is -2.24. The number of thiophene rings is 1. The highest BCUT2D eigenvalue weighted by molar-refractivity contribution is 7.10. The summed E-state index contributed by atoms with van der Waals surface area (Å²) in [5.41, 5.74) is 1.85. The van der Waals surface area contributed by atoms with Crippen molar-refractivity contribution in [2.45, 2.75) is 19.9 Å². The highest BCUT2D eigenvalue weighted by Crippen LogP contribution is 2.44. The topological polar surface area (TPSA) is 66.8 Å². The maximum atomic E-state index is 13.1. The van der Waals surface area contributed by atoms with Crippen LogP contribution in [0.15, 0.2) is 65.6 Å². The lowest BCUT2D eigenvalue weighted by Crippen LogP contribution is -2.29. The molecule has 1 unspecified atom stereocenters. The molecule has 4 rings (SSSR count). The van der Waals surface area contributed by atoms with E-state index in [1.807, 2.05) is 31.4 Å². The minimum absolute atomic E-state index is 0.0494. The van der Waals surface area contributed by atoms with E-state index in [2.05, 4.69) is 0 Å². The van der Waals surface area contributed by atoms with E-state index in [4.69, 9.17) is 16.3 Å². The van der Waals surface area contributed by atoms with Gasteiger partial charge in [0, 0.05) is 21.2 Å². The van der Waals surface area contributed by atoms with Crippen molar-refractivity contribution in [3.63, 3.8) is 0 Å². The maximum Gasteiger partial charge on any atom is 0.300 e. The second-order valence-corrected chi connectivity index (χ2v) is 8.46. The summed E-state index contributed by atoms with van der Waals surface area (Å²) in [6.07, 6.45) is 0. The first-order valence-corrected chi connectivity index (χ1v) is 11.0. The molecule has 2 heterocycles. The summed E-state index contributed by atoms with van der Waals surface area (Å²) in [7, 11) is 0. The third-order valence-electron chi connectivity index (χ3n) is 5.13. The number of rotatable bonds is 5. The van der Waals surface area contributed by atoms with Gasteiger partial charge in [-0.05, 0) is 67.3 Å². The summed E-state index contributed by atoms with van der Waals surface area (Å²) < 4.78 is 5.44. The number of aryl methyl sites for hydroxylation is 1. The molecule has 0 radical (unpaired) electrons. The van der Waals surface area contributed by atoms with Gasteiger partial charge in [-0.3, -0.25) is 14.5 Å². The van der Waals surface area contributed by atoms with E-state index in [1.165, 1.54) is 16.2 Å². The molecule has 0 saturated carbocycles. The van der Waals surface area contributed by atoms with E-state index in [1.54, 1.807) is 42.5 Å². The second kappa shape index (κ2) is 8.57. The highest BCUT2D eigenvalue weighted by atomic mass is 35.5. The number of Topliss-reactive ketones (excluding diaryl/α,β-unsaturated/α-hetero) is 1. The molecule has 5 nitrogen and oxygen atoms in total. The lowest BCUT2D eigenvalue weighted by molar-refractivity contribution is -0.132. The monoisotopic (exact) mass is 453 g/mol. The molecule has 1 atom stereocenters. The summed E-state index contributed by atoms with van der Waals surface area (Å²) in [5.74, 6) is -1.00. The van der Waals surface area contributed by atoms with Gasteiger partial charge in [-0.25, -0.2) is 0 Å². The summed E-state index contributed by atoms with van der Waals surface area (Å²) in [6, 6.07) is 14.9. The standard InChI is InChI=1S/C24H20ClNO4S/c1-3-30-17-10-7-15(8-11-17)22(27)20-21(19-5-4-12-31-19)26(24(29)23(20)28)16-9-6-14(2)18(25)13-16/h4-13,21,27H,3H2,1-2H3/b22-20-. The van der Waals surface area contributed by atoms with Gasteiger partial charge in [0.15, 0.2) is 0 Å². The third-order valence-corrected chi connectivity index (χ3v) is 6.46. The van der Waals surface area contributed by atoms with Crippen LogP contribution in [0.1, 0.15) is 29.0 Å². The zero-order chi connectivity index (χ0) is 22.1. The molecule has 1 aromatic heterocycles. The maximum absolute atomic E-state index is 13.1. The van der Waals surface area contributed by atoms with Crippen molar-refractivity contribution < 1.29 is 19.4 Å². The number of benzene rings is 2. The number of ether oxygens (including phenoxy) is 1. The average molecular weight is 454 g/mol. The minimum atomic E-state index is -0.745. The number of hydrogen-bond acceptors (Lipinski definition) is 5. The zero-order valence-electron chi connectivity index (χ0n) is 17.0. The second-order valence-electron chi connectivity index (χ2n) is 7.08. The first-order valence-electron chi connectivity index (χ1n) is 9.76. The molecule has 1 aliphatic heterocycles. The van der Waals surface area contributed by atoms with E-state index in [-0.39, 0.29) is 11.3 Å².